The zero-order valence-electron chi connectivity index (χ0n) is 10.4. The predicted octanol–water partition coefficient (Wildman–Crippen LogP) is 0.894. The van der Waals surface area contributed by atoms with Crippen molar-refractivity contribution in [1.82, 2.24) is 9.80 Å². The Bertz CT molecular complexity index is 220. The summed E-state index contributed by atoms with van der Waals surface area (Å²) in [5.41, 5.74) is 6.60. The van der Waals surface area contributed by atoms with Gasteiger partial charge < -0.3 is 5.73 Å². The fourth-order valence-electron chi connectivity index (χ4n) is 2.65. The van der Waals surface area contributed by atoms with Gasteiger partial charge in [-0.05, 0) is 33.6 Å². The fourth-order valence-corrected chi connectivity index (χ4v) is 2.65. The van der Waals surface area contributed by atoms with Gasteiger partial charge in [-0.1, -0.05) is 0 Å². The van der Waals surface area contributed by atoms with Gasteiger partial charge in [-0.25, -0.2) is 0 Å². The molecule has 3 nitrogen and oxygen atoms in total. The zero-order chi connectivity index (χ0) is 11.1. The summed E-state index contributed by atoms with van der Waals surface area (Å²) in [6, 6.07) is 0. The first-order valence-electron chi connectivity index (χ1n) is 6.18. The topological polar surface area (TPSA) is 32.5 Å². The van der Waals surface area contributed by atoms with Gasteiger partial charge in [0.25, 0.3) is 0 Å². The van der Waals surface area contributed by atoms with Gasteiger partial charge in [0.05, 0.1) is 0 Å². The fraction of sp³-hybridized carbons (Fsp3) is 1.00. The summed E-state index contributed by atoms with van der Waals surface area (Å²) in [5.74, 6) is 0. The van der Waals surface area contributed by atoms with Crippen LogP contribution in [0.3, 0.4) is 0 Å². The van der Waals surface area contributed by atoms with Crippen LogP contribution in [-0.2, 0) is 0 Å². The van der Waals surface area contributed by atoms with Crippen LogP contribution >= 0.6 is 0 Å². The lowest BCUT2D eigenvalue weighted by atomic mass is 10.0. The highest BCUT2D eigenvalue weighted by Crippen LogP contribution is 2.41. The van der Waals surface area contributed by atoms with Gasteiger partial charge in [-0.2, -0.15) is 0 Å². The van der Waals surface area contributed by atoms with Crippen molar-refractivity contribution in [3.63, 3.8) is 0 Å². The Balaban J connectivity index is 1.87. The minimum absolute atomic E-state index is 0.325. The van der Waals surface area contributed by atoms with Crippen LogP contribution in [0.1, 0.15) is 33.6 Å². The Morgan fingerprint density at radius 3 is 1.93 bits per heavy atom. The minimum Gasteiger partial charge on any atom is -0.329 e. The maximum atomic E-state index is 5.86. The summed E-state index contributed by atoms with van der Waals surface area (Å²) in [7, 11) is 0. The van der Waals surface area contributed by atoms with E-state index in [1.54, 1.807) is 0 Å². The van der Waals surface area contributed by atoms with E-state index in [1.165, 1.54) is 39.0 Å². The number of hydrogen-bond donors (Lipinski definition) is 1. The standard InChI is InChI=1S/C12H25N3/c1-11(2,3)14-6-8-15(9-7-14)12(10-13)4-5-12/h4-10,13H2,1-3H3. The molecule has 88 valence electrons. The third-order valence-corrected chi connectivity index (χ3v) is 4.11. The zero-order valence-corrected chi connectivity index (χ0v) is 10.4. The highest BCUT2D eigenvalue weighted by atomic mass is 15.3. The summed E-state index contributed by atoms with van der Waals surface area (Å²) in [5, 5.41) is 0. The Morgan fingerprint density at radius 1 is 1.07 bits per heavy atom. The number of piperazine rings is 1. The van der Waals surface area contributed by atoms with E-state index in [0.717, 1.165) is 6.54 Å². The van der Waals surface area contributed by atoms with Crippen LogP contribution in [-0.4, -0.2) is 53.6 Å². The summed E-state index contributed by atoms with van der Waals surface area (Å²) < 4.78 is 0. The van der Waals surface area contributed by atoms with E-state index in [9.17, 15) is 0 Å². The molecule has 0 aromatic heterocycles. The summed E-state index contributed by atoms with van der Waals surface area (Å²) in [6.07, 6.45) is 2.64. The van der Waals surface area contributed by atoms with E-state index >= 15 is 0 Å². The van der Waals surface area contributed by atoms with Gasteiger partial charge in [-0.15, -0.1) is 0 Å². The van der Waals surface area contributed by atoms with Crippen molar-refractivity contribution in [2.75, 3.05) is 32.7 Å². The Labute approximate surface area is 93.6 Å². The molecule has 0 aromatic rings. The molecule has 0 radical (unpaired) electrons. The largest absolute Gasteiger partial charge is 0.329 e. The first-order chi connectivity index (χ1) is 6.98. The Hall–Kier alpha value is -0.120. The first kappa shape index (κ1) is 11.4. The normalized spacial score (nSPS) is 28.0. The van der Waals surface area contributed by atoms with Crippen molar-refractivity contribution in [2.24, 2.45) is 5.73 Å². The molecule has 0 aromatic carbocycles. The number of nitrogens with zero attached hydrogens (tertiary/aromatic N) is 2. The van der Waals surface area contributed by atoms with E-state index < -0.39 is 0 Å². The van der Waals surface area contributed by atoms with E-state index in [2.05, 4.69) is 30.6 Å². The molecule has 1 aliphatic heterocycles. The SMILES string of the molecule is CC(C)(C)N1CCN(C2(CN)CC2)CC1. The smallest absolute Gasteiger partial charge is 0.0334 e. The monoisotopic (exact) mass is 211 g/mol. The van der Waals surface area contributed by atoms with E-state index in [0.29, 0.717) is 11.1 Å². The van der Waals surface area contributed by atoms with Gasteiger partial charge in [0.1, 0.15) is 0 Å². The maximum Gasteiger partial charge on any atom is 0.0334 e. The second-order valence-electron chi connectivity index (χ2n) is 6.07. The van der Waals surface area contributed by atoms with Crippen molar-refractivity contribution >= 4 is 0 Å². The predicted molar refractivity (Wildman–Crippen MR) is 63.9 cm³/mol. The molecule has 0 bridgehead atoms. The van der Waals surface area contributed by atoms with Gasteiger partial charge >= 0.3 is 0 Å². The van der Waals surface area contributed by atoms with Crippen molar-refractivity contribution in [2.45, 2.75) is 44.7 Å². The number of nitrogens with two attached hydrogens (primary N) is 1. The second-order valence-corrected chi connectivity index (χ2v) is 6.07. The molecular formula is C12H25N3. The summed E-state index contributed by atoms with van der Waals surface area (Å²) in [6.45, 7) is 12.6. The molecule has 2 N–H and O–H groups in total. The van der Waals surface area contributed by atoms with Gasteiger partial charge in [0.15, 0.2) is 0 Å². The molecule has 1 heterocycles. The number of rotatable bonds is 2. The molecule has 1 saturated heterocycles. The second kappa shape index (κ2) is 3.72. The molecule has 2 fully saturated rings. The summed E-state index contributed by atoms with van der Waals surface area (Å²) >= 11 is 0. The summed E-state index contributed by atoms with van der Waals surface area (Å²) in [4.78, 5) is 5.20. The molecule has 0 spiro atoms. The van der Waals surface area contributed by atoms with Crippen molar-refractivity contribution in [1.29, 1.82) is 0 Å². The van der Waals surface area contributed by atoms with Gasteiger partial charge in [-0.3, -0.25) is 9.80 Å². The van der Waals surface area contributed by atoms with Crippen LogP contribution in [0.15, 0.2) is 0 Å². The van der Waals surface area contributed by atoms with Crippen molar-refractivity contribution in [3.8, 4) is 0 Å². The van der Waals surface area contributed by atoms with Gasteiger partial charge in [0, 0.05) is 43.8 Å². The molecule has 3 heteroatoms. The third-order valence-electron chi connectivity index (χ3n) is 4.11. The molecular weight excluding hydrogens is 186 g/mol. The third kappa shape index (κ3) is 2.19. The molecule has 2 aliphatic rings. The molecule has 2 rings (SSSR count). The van der Waals surface area contributed by atoms with Crippen molar-refractivity contribution in [3.05, 3.63) is 0 Å². The van der Waals surface area contributed by atoms with Crippen molar-refractivity contribution < 1.29 is 0 Å². The van der Waals surface area contributed by atoms with Crippen LogP contribution < -0.4 is 5.73 Å². The minimum atomic E-state index is 0.325. The quantitative estimate of drug-likeness (QED) is 0.736. The number of hydrogen-bond acceptors (Lipinski definition) is 3. The Kier molecular flexibility index (Phi) is 2.82. The maximum absolute atomic E-state index is 5.86. The highest BCUT2D eigenvalue weighted by molar-refractivity contribution is 5.06. The molecule has 0 unspecified atom stereocenters. The van der Waals surface area contributed by atoms with Crippen LogP contribution in [0.4, 0.5) is 0 Å². The molecule has 15 heavy (non-hydrogen) atoms. The van der Waals surface area contributed by atoms with Crippen LogP contribution in [0.25, 0.3) is 0 Å². The van der Waals surface area contributed by atoms with E-state index in [1.807, 2.05) is 0 Å². The molecule has 1 saturated carbocycles. The highest BCUT2D eigenvalue weighted by Gasteiger charge is 2.47. The average molecular weight is 211 g/mol. The van der Waals surface area contributed by atoms with Crippen LogP contribution in [0.5, 0.6) is 0 Å². The lowest BCUT2D eigenvalue weighted by Gasteiger charge is -2.44. The molecule has 1 aliphatic carbocycles. The van der Waals surface area contributed by atoms with E-state index in [-0.39, 0.29) is 0 Å². The molecule has 0 atom stereocenters. The van der Waals surface area contributed by atoms with Gasteiger partial charge in [0.2, 0.25) is 0 Å². The van der Waals surface area contributed by atoms with E-state index in [4.69, 9.17) is 5.73 Å². The Morgan fingerprint density at radius 2 is 1.60 bits per heavy atom. The average Bonchev–Trinajstić information content (AvgIpc) is 2.97. The first-order valence-corrected chi connectivity index (χ1v) is 6.18. The lowest BCUT2D eigenvalue weighted by molar-refractivity contribution is 0.0371. The van der Waals surface area contributed by atoms with Crippen LogP contribution in [0.2, 0.25) is 0 Å². The molecule has 0 amide bonds. The lowest BCUT2D eigenvalue weighted by Crippen LogP contribution is -2.57. The van der Waals surface area contributed by atoms with Crippen LogP contribution in [0, 0.1) is 0 Å².